The van der Waals surface area contributed by atoms with Crippen LogP contribution in [0, 0.1) is 20.8 Å². The summed E-state index contributed by atoms with van der Waals surface area (Å²) in [5.41, 5.74) is 5.56. The first-order valence-corrected chi connectivity index (χ1v) is 5.42. The smallest absolute Gasteiger partial charge is 0.0401 e. The molecule has 0 atom stereocenters. The predicted molar refractivity (Wildman–Crippen MR) is 64.2 cm³/mol. The average molecular weight is 191 g/mol. The van der Waals surface area contributed by atoms with Crippen LogP contribution in [0.2, 0.25) is 0 Å². The van der Waals surface area contributed by atoms with E-state index in [9.17, 15) is 0 Å². The Morgan fingerprint density at radius 1 is 1.00 bits per heavy atom. The molecule has 1 nitrogen and oxygen atoms in total. The first-order valence-electron chi connectivity index (χ1n) is 5.42. The summed E-state index contributed by atoms with van der Waals surface area (Å²) in [7, 11) is 0. The molecule has 0 unspecified atom stereocenters. The van der Waals surface area contributed by atoms with Crippen LogP contribution in [0.25, 0.3) is 0 Å². The molecular formula is C13H21N. The summed E-state index contributed by atoms with van der Waals surface area (Å²) in [5, 5.41) is 0. The van der Waals surface area contributed by atoms with Gasteiger partial charge in [-0.1, -0.05) is 6.07 Å². The van der Waals surface area contributed by atoms with Crippen LogP contribution in [0.15, 0.2) is 12.1 Å². The lowest BCUT2D eigenvalue weighted by atomic mass is 10.0. The zero-order valence-corrected chi connectivity index (χ0v) is 10.0. The van der Waals surface area contributed by atoms with Crippen LogP contribution in [-0.4, -0.2) is 13.1 Å². The Morgan fingerprint density at radius 2 is 1.57 bits per heavy atom. The maximum absolute atomic E-state index is 2.41. The maximum Gasteiger partial charge on any atom is 0.0401 e. The summed E-state index contributed by atoms with van der Waals surface area (Å²) in [6.45, 7) is 13.2. The second-order valence-corrected chi connectivity index (χ2v) is 3.90. The Labute approximate surface area is 87.7 Å². The van der Waals surface area contributed by atoms with Gasteiger partial charge in [-0.15, -0.1) is 0 Å². The van der Waals surface area contributed by atoms with Crippen molar-refractivity contribution in [2.45, 2.75) is 34.6 Å². The number of nitrogens with zero attached hydrogens (tertiary/aromatic N) is 1. The minimum absolute atomic E-state index is 1.08. The van der Waals surface area contributed by atoms with E-state index in [2.05, 4.69) is 51.7 Å². The van der Waals surface area contributed by atoms with Gasteiger partial charge in [-0.25, -0.2) is 0 Å². The molecule has 0 aliphatic carbocycles. The normalized spacial score (nSPS) is 10.4. The van der Waals surface area contributed by atoms with Gasteiger partial charge < -0.3 is 4.90 Å². The van der Waals surface area contributed by atoms with Crippen LogP contribution >= 0.6 is 0 Å². The summed E-state index contributed by atoms with van der Waals surface area (Å²) in [5.74, 6) is 0. The van der Waals surface area contributed by atoms with Crippen molar-refractivity contribution in [3.63, 3.8) is 0 Å². The highest BCUT2D eigenvalue weighted by atomic mass is 15.1. The molecule has 0 fully saturated rings. The predicted octanol–water partition coefficient (Wildman–Crippen LogP) is 3.46. The molecule has 0 amide bonds. The Kier molecular flexibility index (Phi) is 3.56. The van der Waals surface area contributed by atoms with Crippen LogP contribution in [-0.2, 0) is 0 Å². The molecule has 1 heteroatoms. The van der Waals surface area contributed by atoms with E-state index in [1.165, 1.54) is 22.4 Å². The topological polar surface area (TPSA) is 3.24 Å². The van der Waals surface area contributed by atoms with Gasteiger partial charge in [0.2, 0.25) is 0 Å². The van der Waals surface area contributed by atoms with E-state index in [0.717, 1.165) is 13.1 Å². The fourth-order valence-electron chi connectivity index (χ4n) is 1.91. The lowest BCUT2D eigenvalue weighted by molar-refractivity contribution is 0.859. The van der Waals surface area contributed by atoms with Crippen LogP contribution in [0.4, 0.5) is 5.69 Å². The summed E-state index contributed by atoms with van der Waals surface area (Å²) < 4.78 is 0. The first kappa shape index (κ1) is 11.1. The molecule has 0 aliphatic heterocycles. The summed E-state index contributed by atoms with van der Waals surface area (Å²) in [4.78, 5) is 2.41. The van der Waals surface area contributed by atoms with Gasteiger partial charge in [-0.05, 0) is 57.4 Å². The third-order valence-corrected chi connectivity index (χ3v) is 2.89. The second-order valence-electron chi connectivity index (χ2n) is 3.90. The fraction of sp³-hybridized carbons (Fsp3) is 0.538. The molecule has 0 N–H and O–H groups in total. The molecule has 0 heterocycles. The highest BCUT2D eigenvalue weighted by Gasteiger charge is 2.07. The van der Waals surface area contributed by atoms with E-state index in [4.69, 9.17) is 0 Å². The monoisotopic (exact) mass is 191 g/mol. The molecule has 0 radical (unpaired) electrons. The lowest BCUT2D eigenvalue weighted by Gasteiger charge is -2.24. The van der Waals surface area contributed by atoms with Crippen molar-refractivity contribution in [1.82, 2.24) is 0 Å². The van der Waals surface area contributed by atoms with Gasteiger partial charge in [-0.3, -0.25) is 0 Å². The molecule has 0 aromatic heterocycles. The SMILES string of the molecule is CCN(CC)c1cc(C)cc(C)c1C. The second kappa shape index (κ2) is 4.50. The molecule has 0 bridgehead atoms. The summed E-state index contributed by atoms with van der Waals surface area (Å²) >= 11 is 0. The van der Waals surface area contributed by atoms with E-state index in [1.807, 2.05) is 0 Å². The number of anilines is 1. The Hall–Kier alpha value is -0.980. The van der Waals surface area contributed by atoms with Crippen molar-refractivity contribution in [3.8, 4) is 0 Å². The highest BCUT2D eigenvalue weighted by molar-refractivity contribution is 5.57. The van der Waals surface area contributed by atoms with Gasteiger partial charge in [0.25, 0.3) is 0 Å². The van der Waals surface area contributed by atoms with Crippen molar-refractivity contribution in [2.24, 2.45) is 0 Å². The van der Waals surface area contributed by atoms with Gasteiger partial charge in [0.1, 0.15) is 0 Å². The summed E-state index contributed by atoms with van der Waals surface area (Å²) in [6.07, 6.45) is 0. The van der Waals surface area contributed by atoms with Crippen LogP contribution < -0.4 is 4.90 Å². The maximum atomic E-state index is 2.41. The number of rotatable bonds is 3. The van der Waals surface area contributed by atoms with Gasteiger partial charge in [0.15, 0.2) is 0 Å². The first-order chi connectivity index (χ1) is 6.60. The Morgan fingerprint density at radius 3 is 2.07 bits per heavy atom. The molecule has 1 aromatic carbocycles. The highest BCUT2D eigenvalue weighted by Crippen LogP contribution is 2.24. The molecule has 1 aromatic rings. The number of benzene rings is 1. The Balaban J connectivity index is 3.18. The van der Waals surface area contributed by atoms with Crippen molar-refractivity contribution in [1.29, 1.82) is 0 Å². The molecule has 0 saturated carbocycles. The quantitative estimate of drug-likeness (QED) is 0.707. The minimum atomic E-state index is 1.08. The van der Waals surface area contributed by atoms with E-state index in [0.29, 0.717) is 0 Å². The number of hydrogen-bond donors (Lipinski definition) is 0. The van der Waals surface area contributed by atoms with Crippen molar-refractivity contribution in [3.05, 3.63) is 28.8 Å². The third-order valence-electron chi connectivity index (χ3n) is 2.89. The average Bonchev–Trinajstić information content (AvgIpc) is 2.15. The van der Waals surface area contributed by atoms with Gasteiger partial charge in [-0.2, -0.15) is 0 Å². The van der Waals surface area contributed by atoms with Crippen LogP contribution in [0.1, 0.15) is 30.5 Å². The zero-order valence-electron chi connectivity index (χ0n) is 10.0. The van der Waals surface area contributed by atoms with Crippen molar-refractivity contribution >= 4 is 5.69 Å². The molecule has 0 aliphatic rings. The fourth-order valence-corrected chi connectivity index (χ4v) is 1.91. The molecule has 1 rings (SSSR count). The number of hydrogen-bond acceptors (Lipinski definition) is 1. The molecular weight excluding hydrogens is 170 g/mol. The molecule has 78 valence electrons. The van der Waals surface area contributed by atoms with E-state index < -0.39 is 0 Å². The van der Waals surface area contributed by atoms with E-state index in [1.54, 1.807) is 0 Å². The van der Waals surface area contributed by atoms with Gasteiger partial charge in [0, 0.05) is 18.8 Å². The van der Waals surface area contributed by atoms with Gasteiger partial charge >= 0.3 is 0 Å². The molecule has 14 heavy (non-hydrogen) atoms. The molecule has 0 spiro atoms. The summed E-state index contributed by atoms with van der Waals surface area (Å²) in [6, 6.07) is 4.54. The van der Waals surface area contributed by atoms with Crippen molar-refractivity contribution in [2.75, 3.05) is 18.0 Å². The lowest BCUT2D eigenvalue weighted by Crippen LogP contribution is -2.23. The number of aryl methyl sites for hydroxylation is 2. The largest absolute Gasteiger partial charge is 0.372 e. The van der Waals surface area contributed by atoms with Crippen LogP contribution in [0.5, 0.6) is 0 Å². The van der Waals surface area contributed by atoms with E-state index in [-0.39, 0.29) is 0 Å². The van der Waals surface area contributed by atoms with Crippen LogP contribution in [0.3, 0.4) is 0 Å². The minimum Gasteiger partial charge on any atom is -0.372 e. The standard InChI is InChI=1S/C13H21N/c1-6-14(7-2)13-9-10(3)8-11(4)12(13)5/h8-9H,6-7H2,1-5H3. The molecule has 0 saturated heterocycles. The third kappa shape index (κ3) is 2.09. The van der Waals surface area contributed by atoms with Crippen molar-refractivity contribution < 1.29 is 0 Å². The zero-order chi connectivity index (χ0) is 10.7. The van der Waals surface area contributed by atoms with E-state index >= 15 is 0 Å². The van der Waals surface area contributed by atoms with Gasteiger partial charge in [0.05, 0.1) is 0 Å². The Bertz CT molecular complexity index is 311.